The molecule has 0 radical (unpaired) electrons. The van der Waals surface area contributed by atoms with Crippen molar-refractivity contribution in [1.29, 1.82) is 0 Å². The van der Waals surface area contributed by atoms with Gasteiger partial charge in [-0.1, -0.05) is 6.07 Å². The largest absolute Gasteiger partial charge is 0.489 e. The fourth-order valence-electron chi connectivity index (χ4n) is 5.43. The quantitative estimate of drug-likeness (QED) is 0.354. The third-order valence-corrected chi connectivity index (χ3v) is 9.89. The van der Waals surface area contributed by atoms with Crippen LogP contribution < -0.4 is 15.0 Å². The Labute approximate surface area is 249 Å². The van der Waals surface area contributed by atoms with Crippen molar-refractivity contribution in [3.63, 3.8) is 0 Å². The van der Waals surface area contributed by atoms with E-state index in [0.29, 0.717) is 16.9 Å². The van der Waals surface area contributed by atoms with Crippen molar-refractivity contribution < 1.29 is 27.1 Å². The molecule has 10 nitrogen and oxygen atoms in total. The lowest BCUT2D eigenvalue weighted by molar-refractivity contribution is -0.00545. The second-order valence-corrected chi connectivity index (χ2v) is 13.4. The molecule has 3 aromatic heterocycles. The van der Waals surface area contributed by atoms with Crippen LogP contribution in [0.5, 0.6) is 5.75 Å². The molecular weight excluding hydrogens is 573 g/mol. The van der Waals surface area contributed by atoms with Gasteiger partial charge in [0.05, 0.1) is 53.2 Å². The molecule has 1 fully saturated rings. The van der Waals surface area contributed by atoms with Crippen LogP contribution in [0.25, 0.3) is 22.3 Å². The van der Waals surface area contributed by atoms with E-state index in [9.17, 15) is 17.6 Å². The Morgan fingerprint density at radius 1 is 1.05 bits per heavy atom. The third-order valence-electron chi connectivity index (χ3n) is 7.68. The van der Waals surface area contributed by atoms with Gasteiger partial charge in [-0.2, -0.15) is 0 Å². The van der Waals surface area contributed by atoms with E-state index in [2.05, 4.69) is 29.0 Å². The monoisotopic (exact) mass is 605 g/mol. The number of hydrogen-bond donors (Lipinski definition) is 1. The van der Waals surface area contributed by atoms with Gasteiger partial charge < -0.3 is 19.7 Å². The minimum Gasteiger partial charge on any atom is -0.489 e. The predicted octanol–water partition coefficient (Wildman–Crippen LogP) is 4.32. The number of amides is 1. The lowest BCUT2D eigenvalue weighted by Crippen LogP contribution is -2.45. The molecule has 224 valence electrons. The van der Waals surface area contributed by atoms with Crippen LogP contribution >= 0.6 is 0 Å². The minimum absolute atomic E-state index is 0.0279. The van der Waals surface area contributed by atoms with E-state index in [-0.39, 0.29) is 48.0 Å². The number of carbonyl (C=O) groups excluding carboxylic acids is 1. The number of nitrogens with zero attached hydrogens (tertiary/aromatic N) is 4. The van der Waals surface area contributed by atoms with E-state index in [4.69, 9.17) is 19.4 Å². The van der Waals surface area contributed by atoms with Crippen LogP contribution in [0.3, 0.4) is 0 Å². The average molecular weight is 606 g/mol. The highest BCUT2D eigenvalue weighted by Crippen LogP contribution is 2.35. The second kappa shape index (κ2) is 11.5. The fraction of sp³-hybridized carbons (Fsp3) is 0.355. The zero-order chi connectivity index (χ0) is 30.3. The first-order valence-electron chi connectivity index (χ1n) is 14.2. The topological polar surface area (TPSA) is 124 Å². The highest BCUT2D eigenvalue weighted by molar-refractivity contribution is 7.92. The highest BCUT2D eigenvalue weighted by atomic mass is 32.2. The molecule has 1 N–H and O–H groups in total. The predicted molar refractivity (Wildman–Crippen MR) is 159 cm³/mol. The van der Waals surface area contributed by atoms with Crippen LogP contribution in [0.1, 0.15) is 43.2 Å². The molecule has 12 heteroatoms. The first-order valence-corrected chi connectivity index (χ1v) is 15.7. The van der Waals surface area contributed by atoms with Gasteiger partial charge in [0.1, 0.15) is 10.7 Å². The SMILES string of the molecule is C[C@@H]1CN(c2cccc(-c3ccc4cnc(CNC(=O)c5cc(F)c6c(c5)S(=O)(=O)[C@@H](C)CCO6)cc4n3)n2)C[C@H](C)O1. The molecule has 3 atom stereocenters. The molecule has 5 heterocycles. The van der Waals surface area contributed by atoms with Crippen molar-refractivity contribution in [1.82, 2.24) is 20.3 Å². The number of nitrogens with one attached hydrogen (secondary N) is 1. The van der Waals surface area contributed by atoms with Gasteiger partial charge in [0.25, 0.3) is 5.91 Å². The summed E-state index contributed by atoms with van der Waals surface area (Å²) in [7, 11) is -3.85. The van der Waals surface area contributed by atoms with Gasteiger partial charge in [0.2, 0.25) is 0 Å². The van der Waals surface area contributed by atoms with E-state index in [1.807, 2.05) is 30.3 Å². The number of hydrogen-bond acceptors (Lipinski definition) is 9. The zero-order valence-corrected chi connectivity index (χ0v) is 24.9. The molecule has 0 aliphatic carbocycles. The van der Waals surface area contributed by atoms with Gasteiger partial charge in [-0.3, -0.25) is 9.78 Å². The van der Waals surface area contributed by atoms with Crippen molar-refractivity contribution in [3.05, 3.63) is 71.8 Å². The fourth-order valence-corrected chi connectivity index (χ4v) is 6.97. The van der Waals surface area contributed by atoms with Gasteiger partial charge in [-0.25, -0.2) is 22.8 Å². The molecule has 1 amide bonds. The minimum atomic E-state index is -3.85. The second-order valence-electron chi connectivity index (χ2n) is 11.1. The maximum atomic E-state index is 14.8. The zero-order valence-electron chi connectivity index (χ0n) is 24.1. The first-order chi connectivity index (χ1) is 20.6. The van der Waals surface area contributed by atoms with Crippen molar-refractivity contribution >= 4 is 32.5 Å². The molecule has 2 aliphatic rings. The van der Waals surface area contributed by atoms with Gasteiger partial charge in [0.15, 0.2) is 21.4 Å². The van der Waals surface area contributed by atoms with Crippen LogP contribution in [0.15, 0.2) is 59.6 Å². The first kappa shape index (κ1) is 28.9. The van der Waals surface area contributed by atoms with E-state index in [0.717, 1.165) is 36.1 Å². The normalized spacial score (nSPS) is 21.5. The summed E-state index contributed by atoms with van der Waals surface area (Å²) in [5.41, 5.74) is 2.52. The molecule has 43 heavy (non-hydrogen) atoms. The van der Waals surface area contributed by atoms with Crippen LogP contribution in [-0.2, 0) is 21.1 Å². The van der Waals surface area contributed by atoms with Crippen molar-refractivity contribution in [3.8, 4) is 17.1 Å². The molecule has 4 aromatic rings. The summed E-state index contributed by atoms with van der Waals surface area (Å²) in [6.07, 6.45) is 2.12. The van der Waals surface area contributed by atoms with Crippen LogP contribution in [0, 0.1) is 5.82 Å². The molecule has 0 unspecified atom stereocenters. The summed E-state index contributed by atoms with van der Waals surface area (Å²) in [5.74, 6) is -1.00. The number of carbonyl (C=O) groups is 1. The van der Waals surface area contributed by atoms with Crippen LogP contribution in [-0.4, -0.2) is 66.4 Å². The standard InChI is InChI=1S/C31H32FN5O5S/c1-18-16-37(17-19(2)42-18)29-6-4-5-25(36-29)26-8-7-21-14-33-23(13-27(21)35-26)15-34-31(38)22-11-24(32)30-28(12-22)43(39,40)20(3)9-10-41-30/h4-8,11-14,18-20H,9-10,15-17H2,1-3H3,(H,34,38)/t18-,19+,20-/m0/s1. The van der Waals surface area contributed by atoms with Gasteiger partial charge in [0, 0.05) is 30.2 Å². The summed E-state index contributed by atoms with van der Waals surface area (Å²) in [6.45, 7) is 7.27. The van der Waals surface area contributed by atoms with E-state index < -0.39 is 26.8 Å². The van der Waals surface area contributed by atoms with E-state index in [1.165, 1.54) is 6.07 Å². The summed E-state index contributed by atoms with van der Waals surface area (Å²) in [6, 6.07) is 13.6. The number of morpholine rings is 1. The van der Waals surface area contributed by atoms with Crippen molar-refractivity contribution in [2.24, 2.45) is 0 Å². The Balaban J connectivity index is 1.21. The maximum Gasteiger partial charge on any atom is 0.251 e. The number of halogens is 1. The third kappa shape index (κ3) is 5.89. The Morgan fingerprint density at radius 3 is 2.60 bits per heavy atom. The Morgan fingerprint density at radius 2 is 1.81 bits per heavy atom. The molecule has 1 aromatic carbocycles. The molecule has 0 saturated carbocycles. The lowest BCUT2D eigenvalue weighted by atomic mass is 10.1. The number of pyridine rings is 3. The molecule has 2 aliphatic heterocycles. The summed E-state index contributed by atoms with van der Waals surface area (Å²) < 4.78 is 51.8. The van der Waals surface area contributed by atoms with E-state index in [1.54, 1.807) is 19.2 Å². The number of aromatic nitrogens is 3. The Bertz CT molecular complexity index is 1810. The number of ether oxygens (including phenoxy) is 2. The molecule has 0 bridgehead atoms. The van der Waals surface area contributed by atoms with E-state index >= 15 is 0 Å². The summed E-state index contributed by atoms with van der Waals surface area (Å²) in [4.78, 5) is 29.0. The number of rotatable bonds is 5. The summed E-state index contributed by atoms with van der Waals surface area (Å²) >= 11 is 0. The van der Waals surface area contributed by atoms with Gasteiger partial charge in [-0.15, -0.1) is 0 Å². The van der Waals surface area contributed by atoms with Crippen LogP contribution in [0.2, 0.25) is 0 Å². The lowest BCUT2D eigenvalue weighted by Gasteiger charge is -2.36. The molecule has 6 rings (SSSR count). The smallest absolute Gasteiger partial charge is 0.251 e. The van der Waals surface area contributed by atoms with Crippen molar-refractivity contribution in [2.45, 2.75) is 56.1 Å². The highest BCUT2D eigenvalue weighted by Gasteiger charge is 2.33. The number of sulfone groups is 1. The van der Waals surface area contributed by atoms with Gasteiger partial charge in [-0.05, 0) is 69.7 Å². The maximum absolute atomic E-state index is 14.8. The van der Waals surface area contributed by atoms with Gasteiger partial charge >= 0.3 is 0 Å². The summed E-state index contributed by atoms with van der Waals surface area (Å²) in [5, 5.41) is 2.77. The molecule has 0 spiro atoms. The van der Waals surface area contributed by atoms with Crippen LogP contribution in [0.4, 0.5) is 10.2 Å². The average Bonchev–Trinajstić information content (AvgIpc) is 3.10. The number of benzene rings is 1. The number of anilines is 1. The number of fused-ring (bicyclic) bond motifs is 2. The Kier molecular flexibility index (Phi) is 7.74. The Hall–Kier alpha value is -4.16. The molecular formula is C31H32FN5O5S. The van der Waals surface area contributed by atoms with Crippen molar-refractivity contribution in [2.75, 3.05) is 24.6 Å². The molecule has 1 saturated heterocycles.